The Kier molecular flexibility index (Phi) is 6.31. The molecule has 4 aliphatic rings. The molecule has 1 unspecified atom stereocenters. The van der Waals surface area contributed by atoms with E-state index in [4.69, 9.17) is 25.3 Å². The molecule has 3 fully saturated rings. The summed E-state index contributed by atoms with van der Waals surface area (Å²) in [6.07, 6.45) is 18.0. The van der Waals surface area contributed by atoms with Crippen LogP contribution in [0.3, 0.4) is 0 Å². The summed E-state index contributed by atoms with van der Waals surface area (Å²) in [4.78, 5) is 0. The van der Waals surface area contributed by atoms with E-state index in [9.17, 15) is 0 Å². The Bertz CT molecular complexity index is 631. The maximum atomic E-state index is 4.84. The van der Waals surface area contributed by atoms with Crippen LogP contribution in [-0.2, 0) is 0 Å². The summed E-state index contributed by atoms with van der Waals surface area (Å²) in [5.41, 5.74) is 2.87. The highest BCUT2D eigenvalue weighted by Crippen LogP contribution is 2.67. The third-order valence-electron chi connectivity index (χ3n) is 10.3. The summed E-state index contributed by atoms with van der Waals surface area (Å²) in [5, 5.41) is 0.610. The van der Waals surface area contributed by atoms with Crippen LogP contribution < -0.4 is 0 Å². The maximum Gasteiger partial charge on any atom is 0.00731 e. The van der Waals surface area contributed by atoms with Crippen molar-refractivity contribution in [1.29, 1.82) is 0 Å². The van der Waals surface area contributed by atoms with Crippen molar-refractivity contribution in [3.63, 3.8) is 0 Å². The molecule has 0 aliphatic heterocycles. The predicted octanol–water partition coefficient (Wildman–Crippen LogP) is 8.38. The Labute approximate surface area is 192 Å². The zero-order valence-corrected chi connectivity index (χ0v) is 21.5. The lowest BCUT2D eigenvalue weighted by molar-refractivity contribution is -0.0497. The van der Waals surface area contributed by atoms with Crippen molar-refractivity contribution in [2.75, 3.05) is 0 Å². The molecule has 0 spiro atoms. The van der Waals surface area contributed by atoms with E-state index >= 15 is 0 Å². The minimum atomic E-state index is 0.188. The Morgan fingerprint density at radius 1 is 1.10 bits per heavy atom. The molecule has 2 heteroatoms. The lowest BCUT2D eigenvalue weighted by Crippen LogP contribution is -2.50. The first-order valence-electron chi connectivity index (χ1n) is 12.6. The molecular formula is C27H46S2. The second-order valence-corrected chi connectivity index (χ2v) is 14.5. The van der Waals surface area contributed by atoms with Gasteiger partial charge in [0.25, 0.3) is 0 Å². The van der Waals surface area contributed by atoms with Crippen molar-refractivity contribution >= 4 is 25.3 Å². The molecule has 4 aliphatic carbocycles. The Hall–Kier alpha value is 0.440. The smallest absolute Gasteiger partial charge is 0.00731 e. The van der Waals surface area contributed by atoms with Crippen molar-refractivity contribution in [2.24, 2.45) is 40.4 Å². The average Bonchev–Trinajstić information content (AvgIpc) is 2.98. The molecule has 4 rings (SSSR count). The van der Waals surface area contributed by atoms with E-state index in [2.05, 4.69) is 40.7 Å². The van der Waals surface area contributed by atoms with Gasteiger partial charge in [0, 0.05) is 10.00 Å². The zero-order valence-electron chi connectivity index (χ0n) is 19.7. The van der Waals surface area contributed by atoms with Crippen LogP contribution in [0.15, 0.2) is 11.6 Å². The van der Waals surface area contributed by atoms with Gasteiger partial charge in [-0.05, 0) is 98.2 Å². The molecule has 0 N–H and O–H groups in total. The van der Waals surface area contributed by atoms with E-state index in [1.807, 2.05) is 0 Å². The molecule has 166 valence electrons. The van der Waals surface area contributed by atoms with Gasteiger partial charge in [-0.1, -0.05) is 59.1 Å². The van der Waals surface area contributed by atoms with Crippen molar-refractivity contribution < 1.29 is 0 Å². The van der Waals surface area contributed by atoms with Gasteiger partial charge in [-0.15, -0.1) is 0 Å². The van der Waals surface area contributed by atoms with Crippen molar-refractivity contribution in [1.82, 2.24) is 0 Å². The Balaban J connectivity index is 1.47. The van der Waals surface area contributed by atoms with Gasteiger partial charge in [0.15, 0.2) is 0 Å². The topological polar surface area (TPSA) is 0 Å². The molecule has 0 saturated heterocycles. The summed E-state index contributed by atoms with van der Waals surface area (Å²) < 4.78 is 0.188. The molecule has 0 nitrogen and oxygen atoms in total. The average molecular weight is 435 g/mol. The molecule has 0 radical (unpaired) electrons. The van der Waals surface area contributed by atoms with Crippen molar-refractivity contribution in [2.45, 2.75) is 115 Å². The van der Waals surface area contributed by atoms with E-state index in [0.717, 1.165) is 29.6 Å². The summed E-state index contributed by atoms with van der Waals surface area (Å²) in [6, 6.07) is 0. The molecule has 3 saturated carbocycles. The van der Waals surface area contributed by atoms with Crippen LogP contribution in [0.5, 0.6) is 0 Å². The first kappa shape index (κ1) is 22.6. The number of fused-ring (bicyclic) bond motifs is 5. The lowest BCUT2D eigenvalue weighted by atomic mass is 9.47. The fraction of sp³-hybridized carbons (Fsp3) is 0.926. The predicted molar refractivity (Wildman–Crippen MR) is 134 cm³/mol. The van der Waals surface area contributed by atoms with E-state index in [1.54, 1.807) is 5.57 Å². The van der Waals surface area contributed by atoms with Crippen LogP contribution in [0.1, 0.15) is 105 Å². The van der Waals surface area contributed by atoms with E-state index in [-0.39, 0.29) is 4.75 Å². The van der Waals surface area contributed by atoms with Gasteiger partial charge in [-0.3, -0.25) is 0 Å². The third-order valence-corrected chi connectivity index (χ3v) is 11.0. The molecule has 29 heavy (non-hydrogen) atoms. The number of hydrogen-bond acceptors (Lipinski definition) is 2. The van der Waals surface area contributed by atoms with Crippen LogP contribution in [-0.4, -0.2) is 10.00 Å². The highest BCUT2D eigenvalue weighted by Gasteiger charge is 2.58. The van der Waals surface area contributed by atoms with Crippen LogP contribution in [0.2, 0.25) is 0 Å². The first-order valence-corrected chi connectivity index (χ1v) is 13.6. The molecule has 0 aromatic heterocycles. The molecule has 0 heterocycles. The molecule has 8 atom stereocenters. The van der Waals surface area contributed by atoms with Crippen LogP contribution >= 0.6 is 25.3 Å². The number of hydrogen-bond donors (Lipinski definition) is 2. The molecular weight excluding hydrogens is 388 g/mol. The normalized spacial score (nSPS) is 45.8. The fourth-order valence-corrected chi connectivity index (χ4v) is 9.16. The lowest BCUT2D eigenvalue weighted by Gasteiger charge is -2.58. The molecule has 0 aromatic rings. The van der Waals surface area contributed by atoms with Gasteiger partial charge in [0.2, 0.25) is 0 Å². The minimum absolute atomic E-state index is 0.188. The van der Waals surface area contributed by atoms with Crippen molar-refractivity contribution in [3.05, 3.63) is 11.6 Å². The van der Waals surface area contributed by atoms with Crippen molar-refractivity contribution in [3.8, 4) is 0 Å². The third kappa shape index (κ3) is 4.12. The van der Waals surface area contributed by atoms with Gasteiger partial charge in [0.1, 0.15) is 0 Å². The number of thiol groups is 2. The second-order valence-electron chi connectivity index (χ2n) is 12.6. The minimum Gasteiger partial charge on any atom is -0.176 e. The number of allylic oxidation sites excluding steroid dienone is 2. The monoisotopic (exact) mass is 434 g/mol. The van der Waals surface area contributed by atoms with Gasteiger partial charge < -0.3 is 0 Å². The molecule has 0 amide bonds. The summed E-state index contributed by atoms with van der Waals surface area (Å²) >= 11 is 9.59. The quantitative estimate of drug-likeness (QED) is 0.315. The molecule has 0 bridgehead atoms. The van der Waals surface area contributed by atoms with E-state index < -0.39 is 0 Å². The Morgan fingerprint density at radius 2 is 1.86 bits per heavy atom. The summed E-state index contributed by atoms with van der Waals surface area (Å²) in [5.74, 6) is 4.69. The summed E-state index contributed by atoms with van der Waals surface area (Å²) in [6.45, 7) is 12.4. The summed E-state index contributed by atoms with van der Waals surface area (Å²) in [7, 11) is 0. The van der Waals surface area contributed by atoms with E-state index in [1.165, 1.54) is 70.6 Å². The van der Waals surface area contributed by atoms with Gasteiger partial charge in [-0.2, -0.15) is 25.3 Å². The van der Waals surface area contributed by atoms with Crippen LogP contribution in [0, 0.1) is 40.4 Å². The van der Waals surface area contributed by atoms with Gasteiger partial charge in [-0.25, -0.2) is 0 Å². The number of rotatable bonds is 5. The second kappa shape index (κ2) is 8.09. The molecule has 0 aromatic carbocycles. The van der Waals surface area contributed by atoms with Crippen LogP contribution in [0.4, 0.5) is 0 Å². The first-order chi connectivity index (χ1) is 13.5. The zero-order chi connectivity index (χ0) is 21.0. The highest BCUT2D eigenvalue weighted by atomic mass is 32.1. The fourth-order valence-electron chi connectivity index (χ4n) is 8.67. The standard InChI is InChI=1S/C27H46S2/c1-18(7-6-14-25(2,3)29)22-10-11-23-21-9-8-19-17-20(28)12-15-26(19,4)24(21)13-16-27(22,23)5/h8,18,20-24,28-29H,6-7,9-17H2,1-5H3/t18-,20?,21+,22-,23+,24+,26+,27-/m1/s1. The van der Waals surface area contributed by atoms with Crippen LogP contribution in [0.25, 0.3) is 0 Å². The van der Waals surface area contributed by atoms with E-state index in [0.29, 0.717) is 16.1 Å². The van der Waals surface area contributed by atoms with Gasteiger partial charge in [0.05, 0.1) is 0 Å². The van der Waals surface area contributed by atoms with Gasteiger partial charge >= 0.3 is 0 Å². The Morgan fingerprint density at radius 3 is 2.59 bits per heavy atom. The SMILES string of the molecule is C[C@H](CCCC(C)(C)S)[C@H]1CC[C@H]2[C@@H]3CC=C4CC(S)CC[C@]4(C)[C@H]3CC[C@]12C. The highest BCUT2D eigenvalue weighted by molar-refractivity contribution is 7.81. The maximum absolute atomic E-state index is 4.84. The largest absolute Gasteiger partial charge is 0.176 e.